The molecule has 0 amide bonds. The van der Waals surface area contributed by atoms with Gasteiger partial charge in [0, 0.05) is 0 Å². The molecule has 0 bridgehead atoms. The van der Waals surface area contributed by atoms with Crippen molar-refractivity contribution in [1.82, 2.24) is 0 Å². The van der Waals surface area contributed by atoms with E-state index in [0.717, 1.165) is 0 Å². The van der Waals surface area contributed by atoms with Gasteiger partial charge in [-0.2, -0.15) is 6.58 Å². The van der Waals surface area contributed by atoms with Crippen LogP contribution in [0.2, 0.25) is 0 Å². The van der Waals surface area contributed by atoms with Crippen molar-refractivity contribution in [3.63, 3.8) is 0 Å². The molecule has 5 heavy (non-hydrogen) atoms. The molecule has 0 saturated carbocycles. The van der Waals surface area contributed by atoms with Crippen molar-refractivity contribution < 1.29 is 18.9 Å². The summed E-state index contributed by atoms with van der Waals surface area (Å²) in [5.41, 5.74) is 0. The number of terminal acetylenes is 1. The number of rotatable bonds is 0. The first-order valence-corrected chi connectivity index (χ1v) is 0.892. The Bertz CT molecular complexity index is 49.2. The molecule has 0 aliphatic rings. The summed E-state index contributed by atoms with van der Waals surface area (Å²) in [5.74, 6) is 2.07. The third-order valence-electron chi connectivity index (χ3n) is 0.102. The minimum atomic E-state index is 0. The molecule has 0 aromatic heterocycles. The second-order valence-electron chi connectivity index (χ2n) is 0.321. The average molecular weight is 58.0 g/mol. The van der Waals surface area contributed by atoms with Crippen LogP contribution in [0.15, 0.2) is 6.58 Å². The van der Waals surface area contributed by atoms with Gasteiger partial charge in [-0.05, 0) is 0 Å². The first-order chi connectivity index (χ1) is 1.91. The van der Waals surface area contributed by atoms with Crippen LogP contribution in [0.1, 0.15) is 0 Å². The summed E-state index contributed by atoms with van der Waals surface area (Å²) in [4.78, 5) is 0. The summed E-state index contributed by atoms with van der Waals surface area (Å²) >= 11 is 0. The van der Waals surface area contributed by atoms with Crippen LogP contribution in [0.5, 0.6) is 0 Å². The standard InChI is InChI=1S/C4H3.Li/c1-3-4-2;/h1H,2H2;/q-1;+1. The topological polar surface area (TPSA) is 0 Å². The van der Waals surface area contributed by atoms with Gasteiger partial charge in [0.25, 0.3) is 0 Å². The zero-order valence-corrected chi connectivity index (χ0v) is 3.28. The molecule has 0 nitrogen and oxygen atoms in total. The summed E-state index contributed by atoms with van der Waals surface area (Å²) in [7, 11) is 0. The van der Waals surface area contributed by atoms with Gasteiger partial charge in [0.15, 0.2) is 0 Å². The van der Waals surface area contributed by atoms with Crippen LogP contribution in [0, 0.1) is 18.4 Å². The van der Waals surface area contributed by atoms with E-state index in [1.165, 1.54) is 0 Å². The molecule has 0 heterocycles. The molecule has 0 aliphatic heterocycles. The first-order valence-electron chi connectivity index (χ1n) is 0.892. The molecule has 20 valence electrons. The van der Waals surface area contributed by atoms with E-state index in [2.05, 4.69) is 25.0 Å². The fourth-order valence-corrected chi connectivity index (χ4v) is 0. The molecule has 0 spiro atoms. The van der Waals surface area contributed by atoms with Gasteiger partial charge >= 0.3 is 18.9 Å². The van der Waals surface area contributed by atoms with E-state index in [-0.39, 0.29) is 18.9 Å². The Balaban J connectivity index is 0. The second-order valence-corrected chi connectivity index (χ2v) is 0.321. The molecule has 0 aromatic rings. The van der Waals surface area contributed by atoms with Crippen LogP contribution in [-0.2, 0) is 0 Å². The van der Waals surface area contributed by atoms with Crippen molar-refractivity contribution in [3.8, 4) is 12.3 Å². The van der Waals surface area contributed by atoms with Crippen LogP contribution in [0.25, 0.3) is 0 Å². The largest absolute Gasteiger partial charge is 1.00 e. The molecule has 0 fully saturated rings. The molecular formula is C4H3Li. The number of hydrogen-bond donors (Lipinski definition) is 0. The zero-order chi connectivity index (χ0) is 3.41. The van der Waals surface area contributed by atoms with Crippen LogP contribution in [-0.4, -0.2) is 0 Å². The Labute approximate surface area is 44.4 Å². The molecule has 0 aliphatic carbocycles. The molecule has 0 saturated heterocycles. The third-order valence-corrected chi connectivity index (χ3v) is 0.102. The van der Waals surface area contributed by atoms with Crippen molar-refractivity contribution in [2.75, 3.05) is 0 Å². The quantitative estimate of drug-likeness (QED) is 0.166. The molecule has 0 aromatic carbocycles. The number of hydrogen-bond acceptors (Lipinski definition) is 0. The Morgan fingerprint density at radius 2 is 2.00 bits per heavy atom. The minimum Gasteiger partial charge on any atom is -0.345 e. The summed E-state index contributed by atoms with van der Waals surface area (Å²) in [6.45, 7) is 3.12. The van der Waals surface area contributed by atoms with E-state index in [0.29, 0.717) is 0 Å². The van der Waals surface area contributed by atoms with Crippen molar-refractivity contribution in [2.24, 2.45) is 0 Å². The van der Waals surface area contributed by atoms with Gasteiger partial charge in [0.05, 0.1) is 0 Å². The zero-order valence-electron chi connectivity index (χ0n) is 3.28. The summed E-state index contributed by atoms with van der Waals surface area (Å²) in [6.07, 6.45) is 6.81. The molecule has 0 rings (SSSR count). The van der Waals surface area contributed by atoms with Crippen LogP contribution < -0.4 is 18.9 Å². The van der Waals surface area contributed by atoms with Crippen molar-refractivity contribution in [1.29, 1.82) is 0 Å². The van der Waals surface area contributed by atoms with E-state index < -0.39 is 0 Å². The smallest absolute Gasteiger partial charge is 0.345 e. The first kappa shape index (κ1) is 8.86. The maximum absolute atomic E-state index is 4.60. The maximum atomic E-state index is 4.60. The molecule has 0 radical (unpaired) electrons. The fourth-order valence-electron chi connectivity index (χ4n) is 0. The summed E-state index contributed by atoms with van der Waals surface area (Å²) in [6, 6.07) is 0. The van der Waals surface area contributed by atoms with Gasteiger partial charge < -0.3 is 12.3 Å². The van der Waals surface area contributed by atoms with E-state index in [9.17, 15) is 0 Å². The molecule has 0 atom stereocenters. The van der Waals surface area contributed by atoms with Gasteiger partial charge in [-0.25, -0.2) is 6.08 Å². The van der Waals surface area contributed by atoms with Crippen LogP contribution in [0.4, 0.5) is 0 Å². The molecule has 1 heteroatoms. The molecule has 0 N–H and O–H groups in total. The molecule has 0 unspecified atom stereocenters. The molecular weight excluding hydrogens is 55.0 g/mol. The van der Waals surface area contributed by atoms with Gasteiger partial charge in [-0.1, -0.05) is 0 Å². The Hall–Kier alpha value is -0.103. The van der Waals surface area contributed by atoms with Crippen molar-refractivity contribution >= 4 is 0 Å². The van der Waals surface area contributed by atoms with Crippen molar-refractivity contribution in [3.05, 3.63) is 12.7 Å². The van der Waals surface area contributed by atoms with Gasteiger partial charge in [-0.3, -0.25) is 0 Å². The van der Waals surface area contributed by atoms with E-state index >= 15 is 0 Å². The second kappa shape index (κ2) is 9.09. The SMILES string of the molecule is C#C[C-]=C.[Li+]. The van der Waals surface area contributed by atoms with Gasteiger partial charge in [0.1, 0.15) is 0 Å². The Morgan fingerprint density at radius 1 is 1.80 bits per heavy atom. The monoisotopic (exact) mass is 58.0 g/mol. The predicted molar refractivity (Wildman–Crippen MR) is 17.7 cm³/mol. The van der Waals surface area contributed by atoms with Crippen molar-refractivity contribution in [2.45, 2.75) is 0 Å². The summed E-state index contributed by atoms with van der Waals surface area (Å²) < 4.78 is 0. The van der Waals surface area contributed by atoms with E-state index in [1.807, 2.05) is 0 Å². The van der Waals surface area contributed by atoms with E-state index in [1.54, 1.807) is 0 Å². The minimum absolute atomic E-state index is 0. The predicted octanol–water partition coefficient (Wildman–Crippen LogP) is -2.39. The Kier molecular flexibility index (Phi) is 16.1. The van der Waals surface area contributed by atoms with Gasteiger partial charge in [-0.15, -0.1) is 0 Å². The van der Waals surface area contributed by atoms with Crippen LogP contribution >= 0.6 is 0 Å². The third kappa shape index (κ3) is 17.4. The van der Waals surface area contributed by atoms with Gasteiger partial charge in [0.2, 0.25) is 0 Å². The number of allylic oxidation sites excluding steroid dienone is 1. The van der Waals surface area contributed by atoms with E-state index in [4.69, 9.17) is 0 Å². The summed E-state index contributed by atoms with van der Waals surface area (Å²) in [5, 5.41) is 0. The van der Waals surface area contributed by atoms with Crippen LogP contribution in [0.3, 0.4) is 0 Å². The fraction of sp³-hybridized carbons (Fsp3) is 0. The average Bonchev–Trinajstić information content (AvgIpc) is 1.37. The Morgan fingerprint density at radius 3 is 2.00 bits per heavy atom. The normalized spacial score (nSPS) is 3.00. The maximum Gasteiger partial charge on any atom is 1.00 e.